The monoisotopic (exact) mass is 276 g/mol. The maximum Gasteiger partial charge on any atom is 0.294 e. The third-order valence-corrected chi connectivity index (χ3v) is 3.00. The Hall–Kier alpha value is -2.39. The van der Waals surface area contributed by atoms with E-state index < -0.39 is 4.92 Å². The largest absolute Gasteiger partial charge is 0.294 e. The molecule has 1 heterocycles. The molecule has 0 unspecified atom stereocenters. The van der Waals surface area contributed by atoms with Crippen molar-refractivity contribution in [2.75, 3.05) is 0 Å². The van der Waals surface area contributed by atoms with Gasteiger partial charge < -0.3 is 0 Å². The zero-order valence-electron chi connectivity index (χ0n) is 10.00. The maximum atomic E-state index is 11.0. The molecule has 1 aromatic carbocycles. The third kappa shape index (κ3) is 2.16. The number of benzene rings is 1. The summed E-state index contributed by atoms with van der Waals surface area (Å²) in [6.07, 6.45) is 0.524. The number of nitro benzene ring substituents is 1. The van der Waals surface area contributed by atoms with E-state index >= 15 is 0 Å². The number of nitriles is 1. The number of aromatic nitrogens is 2. The smallest absolute Gasteiger partial charge is 0.258 e. The van der Waals surface area contributed by atoms with Gasteiger partial charge >= 0.3 is 0 Å². The highest BCUT2D eigenvalue weighted by Gasteiger charge is 2.21. The summed E-state index contributed by atoms with van der Waals surface area (Å²) in [4.78, 5) is 10.5. The Morgan fingerprint density at radius 1 is 1.53 bits per heavy atom. The van der Waals surface area contributed by atoms with Crippen LogP contribution in [0.5, 0.6) is 0 Å². The lowest BCUT2D eigenvalue weighted by atomic mass is 10.2. The number of aryl methyl sites for hydroxylation is 1. The van der Waals surface area contributed by atoms with Crippen LogP contribution in [0, 0.1) is 21.4 Å². The molecule has 7 heteroatoms. The first-order valence-corrected chi connectivity index (χ1v) is 5.89. The molecule has 0 bridgehead atoms. The molecule has 0 saturated carbocycles. The van der Waals surface area contributed by atoms with Crippen molar-refractivity contribution in [3.05, 3.63) is 50.8 Å². The number of para-hydroxylation sites is 2. The molecule has 0 radical (unpaired) electrons. The summed E-state index contributed by atoms with van der Waals surface area (Å²) >= 11 is 6.07. The highest BCUT2D eigenvalue weighted by molar-refractivity contribution is 6.31. The number of rotatable bonds is 3. The second-order valence-electron chi connectivity index (χ2n) is 3.74. The lowest BCUT2D eigenvalue weighted by molar-refractivity contribution is -0.384. The van der Waals surface area contributed by atoms with Crippen molar-refractivity contribution in [3.8, 4) is 11.8 Å². The summed E-state index contributed by atoms with van der Waals surface area (Å²) in [6, 6.07) is 8.09. The van der Waals surface area contributed by atoms with Crippen LogP contribution in [-0.2, 0) is 6.42 Å². The van der Waals surface area contributed by atoms with E-state index in [9.17, 15) is 10.1 Å². The maximum absolute atomic E-state index is 11.0. The molecule has 0 N–H and O–H groups in total. The number of hydrogen-bond donors (Lipinski definition) is 0. The van der Waals surface area contributed by atoms with Gasteiger partial charge in [-0.2, -0.15) is 10.4 Å². The van der Waals surface area contributed by atoms with Crippen LogP contribution in [0.2, 0.25) is 5.15 Å². The first-order valence-electron chi connectivity index (χ1n) is 5.51. The quantitative estimate of drug-likeness (QED) is 0.637. The minimum Gasteiger partial charge on any atom is -0.258 e. The van der Waals surface area contributed by atoms with Gasteiger partial charge in [-0.1, -0.05) is 30.7 Å². The zero-order chi connectivity index (χ0) is 14.0. The van der Waals surface area contributed by atoms with Crippen molar-refractivity contribution in [2.45, 2.75) is 13.3 Å². The van der Waals surface area contributed by atoms with Crippen LogP contribution in [0.25, 0.3) is 5.69 Å². The van der Waals surface area contributed by atoms with Gasteiger partial charge in [0.15, 0.2) is 5.15 Å². The van der Waals surface area contributed by atoms with E-state index in [0.717, 1.165) is 0 Å². The minimum atomic E-state index is -0.509. The molecule has 6 nitrogen and oxygen atoms in total. The van der Waals surface area contributed by atoms with E-state index in [1.165, 1.54) is 16.8 Å². The van der Waals surface area contributed by atoms with Crippen LogP contribution >= 0.6 is 11.6 Å². The molecule has 0 amide bonds. The van der Waals surface area contributed by atoms with Crippen LogP contribution in [0.1, 0.15) is 18.2 Å². The van der Waals surface area contributed by atoms with Crippen molar-refractivity contribution >= 4 is 17.3 Å². The van der Waals surface area contributed by atoms with Gasteiger partial charge in [0.25, 0.3) is 5.69 Å². The fourth-order valence-corrected chi connectivity index (χ4v) is 2.04. The molecule has 2 rings (SSSR count). The second-order valence-corrected chi connectivity index (χ2v) is 4.09. The average Bonchev–Trinajstić information content (AvgIpc) is 2.74. The number of halogens is 1. The zero-order valence-corrected chi connectivity index (χ0v) is 10.8. The van der Waals surface area contributed by atoms with Gasteiger partial charge in [0.05, 0.1) is 10.6 Å². The van der Waals surface area contributed by atoms with Gasteiger partial charge in [0.1, 0.15) is 17.3 Å². The van der Waals surface area contributed by atoms with E-state index in [4.69, 9.17) is 16.9 Å². The first kappa shape index (κ1) is 13.1. The number of nitrogens with zero attached hydrogens (tertiary/aromatic N) is 4. The molecular formula is C12H9ClN4O2. The van der Waals surface area contributed by atoms with E-state index in [0.29, 0.717) is 12.1 Å². The van der Waals surface area contributed by atoms with E-state index in [1.807, 2.05) is 13.0 Å². The van der Waals surface area contributed by atoms with Crippen molar-refractivity contribution in [2.24, 2.45) is 0 Å². The normalized spacial score (nSPS) is 10.2. The first-order chi connectivity index (χ1) is 9.10. The molecule has 0 fully saturated rings. The third-order valence-electron chi connectivity index (χ3n) is 2.65. The number of hydrogen-bond acceptors (Lipinski definition) is 4. The Labute approximate surface area is 114 Å². The van der Waals surface area contributed by atoms with Gasteiger partial charge in [-0.3, -0.25) is 10.1 Å². The molecule has 0 atom stereocenters. The van der Waals surface area contributed by atoms with Crippen LogP contribution in [-0.4, -0.2) is 14.7 Å². The summed E-state index contributed by atoms with van der Waals surface area (Å²) in [5.41, 5.74) is 0.903. The predicted molar refractivity (Wildman–Crippen MR) is 69.3 cm³/mol. The average molecular weight is 277 g/mol. The van der Waals surface area contributed by atoms with Crippen LogP contribution in [0.4, 0.5) is 5.69 Å². The highest BCUT2D eigenvalue weighted by Crippen LogP contribution is 2.28. The molecule has 0 aliphatic carbocycles. The lowest BCUT2D eigenvalue weighted by Gasteiger charge is -2.03. The fraction of sp³-hybridized carbons (Fsp3) is 0.167. The van der Waals surface area contributed by atoms with Crippen molar-refractivity contribution in [3.63, 3.8) is 0 Å². The van der Waals surface area contributed by atoms with Crippen molar-refractivity contribution in [1.29, 1.82) is 5.26 Å². The molecule has 0 spiro atoms. The van der Waals surface area contributed by atoms with E-state index in [1.54, 1.807) is 12.1 Å². The molecule has 0 aliphatic rings. The molecular weight excluding hydrogens is 268 g/mol. The minimum absolute atomic E-state index is 0.0913. The van der Waals surface area contributed by atoms with Gasteiger partial charge in [-0.25, -0.2) is 4.68 Å². The second kappa shape index (κ2) is 5.08. The molecule has 19 heavy (non-hydrogen) atoms. The SMILES string of the molecule is CCc1nn(-c2ccccc2[N+](=O)[O-])c(Cl)c1C#N. The standard InChI is InChI=1S/C12H9ClN4O2/c1-2-9-8(7-14)12(13)16(15-9)10-5-3-4-6-11(10)17(18)19/h3-6H,2H2,1H3. The number of nitro groups is 1. The Morgan fingerprint density at radius 3 is 2.74 bits per heavy atom. The van der Waals surface area contributed by atoms with Crippen LogP contribution < -0.4 is 0 Å². The van der Waals surface area contributed by atoms with Crippen LogP contribution in [0.15, 0.2) is 24.3 Å². The lowest BCUT2D eigenvalue weighted by Crippen LogP contribution is -2.02. The van der Waals surface area contributed by atoms with Gasteiger partial charge in [-0.15, -0.1) is 0 Å². The summed E-state index contributed by atoms with van der Waals surface area (Å²) in [6.45, 7) is 1.84. The topological polar surface area (TPSA) is 84.8 Å². The van der Waals surface area contributed by atoms with Gasteiger partial charge in [0.2, 0.25) is 0 Å². The highest BCUT2D eigenvalue weighted by atomic mass is 35.5. The van der Waals surface area contributed by atoms with Gasteiger partial charge in [-0.05, 0) is 12.5 Å². The summed E-state index contributed by atoms with van der Waals surface area (Å²) < 4.78 is 1.23. The molecule has 2 aromatic rings. The molecule has 0 saturated heterocycles. The van der Waals surface area contributed by atoms with E-state index in [2.05, 4.69) is 5.10 Å². The van der Waals surface area contributed by atoms with E-state index in [-0.39, 0.29) is 22.1 Å². The summed E-state index contributed by atoms with van der Waals surface area (Å²) in [5.74, 6) is 0. The summed E-state index contributed by atoms with van der Waals surface area (Å²) in [7, 11) is 0. The molecule has 1 aromatic heterocycles. The Balaban J connectivity index is 2.70. The van der Waals surface area contributed by atoms with Gasteiger partial charge in [0, 0.05) is 6.07 Å². The Kier molecular flexibility index (Phi) is 3.49. The Bertz CT molecular complexity index is 688. The Morgan fingerprint density at radius 2 is 2.21 bits per heavy atom. The van der Waals surface area contributed by atoms with Crippen molar-refractivity contribution in [1.82, 2.24) is 9.78 Å². The summed E-state index contributed by atoms with van der Waals surface area (Å²) in [5, 5.41) is 24.3. The molecule has 96 valence electrons. The predicted octanol–water partition coefficient (Wildman–Crippen LogP) is 2.87. The fourth-order valence-electron chi connectivity index (χ4n) is 1.75. The van der Waals surface area contributed by atoms with Crippen molar-refractivity contribution < 1.29 is 4.92 Å². The molecule has 0 aliphatic heterocycles. The van der Waals surface area contributed by atoms with Crippen LogP contribution in [0.3, 0.4) is 0 Å².